The maximum Gasteiger partial charge on any atom is 0.107 e. The van der Waals surface area contributed by atoms with Crippen LogP contribution in [0, 0.1) is 0 Å². The second-order valence-corrected chi connectivity index (χ2v) is 5.97. The number of halogens is 1. The number of rotatable bonds is 1. The van der Waals surface area contributed by atoms with Crippen LogP contribution in [0.1, 0.15) is 16.0 Å². The minimum absolute atomic E-state index is 0.694. The molecule has 0 aliphatic heterocycles. The first-order chi connectivity index (χ1) is 7.67. The maximum atomic E-state index is 10.6. The van der Waals surface area contributed by atoms with Crippen molar-refractivity contribution in [3.63, 3.8) is 0 Å². The molecule has 82 valence electrons. The first kappa shape index (κ1) is 10.3. The Labute approximate surface area is 103 Å². The largest absolute Gasteiger partial charge is 0.384 e. The van der Waals surface area contributed by atoms with E-state index in [2.05, 4.69) is 12.1 Å². The van der Waals surface area contributed by atoms with Crippen molar-refractivity contribution in [3.05, 3.63) is 56.7 Å². The van der Waals surface area contributed by atoms with Crippen LogP contribution in [-0.4, -0.2) is 5.11 Å². The number of aliphatic hydroxyl groups is 1. The highest BCUT2D eigenvalue weighted by atomic mass is 35.5. The van der Waals surface area contributed by atoms with Crippen LogP contribution in [0.25, 0.3) is 0 Å². The fourth-order valence-electron chi connectivity index (χ4n) is 2.33. The topological polar surface area (TPSA) is 20.2 Å². The van der Waals surface area contributed by atoms with Crippen LogP contribution < -0.4 is 0 Å². The summed E-state index contributed by atoms with van der Waals surface area (Å²) < 4.78 is 0.736. The standard InChI is InChI=1S/C13H11ClOS/c14-12-6-5-11(16-12)13(15)7-9-3-1-2-4-10(9)8-13/h1-6,15H,7-8H2. The van der Waals surface area contributed by atoms with Gasteiger partial charge in [0.1, 0.15) is 5.60 Å². The molecule has 0 amide bonds. The fraction of sp³-hybridized carbons (Fsp3) is 0.231. The van der Waals surface area contributed by atoms with Crippen molar-refractivity contribution in [2.24, 2.45) is 0 Å². The molecule has 1 aromatic carbocycles. The molecule has 16 heavy (non-hydrogen) atoms. The average molecular weight is 251 g/mol. The number of hydrogen-bond acceptors (Lipinski definition) is 2. The molecule has 1 aliphatic rings. The van der Waals surface area contributed by atoms with E-state index in [1.54, 1.807) is 0 Å². The third-order valence-electron chi connectivity index (χ3n) is 3.12. The van der Waals surface area contributed by atoms with Crippen LogP contribution in [0.2, 0.25) is 4.34 Å². The Morgan fingerprint density at radius 1 is 1.06 bits per heavy atom. The molecule has 0 unspecified atom stereocenters. The summed E-state index contributed by atoms with van der Waals surface area (Å²) in [5, 5.41) is 10.6. The van der Waals surface area contributed by atoms with E-state index in [4.69, 9.17) is 11.6 Å². The molecule has 3 rings (SSSR count). The Morgan fingerprint density at radius 3 is 2.19 bits per heavy atom. The molecule has 0 saturated heterocycles. The Balaban J connectivity index is 2.00. The van der Waals surface area contributed by atoms with Crippen LogP contribution in [-0.2, 0) is 18.4 Å². The monoisotopic (exact) mass is 250 g/mol. The highest BCUT2D eigenvalue weighted by Crippen LogP contribution is 2.41. The first-order valence-corrected chi connectivity index (χ1v) is 6.42. The van der Waals surface area contributed by atoms with E-state index >= 15 is 0 Å². The molecule has 0 atom stereocenters. The molecule has 2 aromatic rings. The molecule has 1 heterocycles. The summed E-state index contributed by atoms with van der Waals surface area (Å²) in [7, 11) is 0. The van der Waals surface area contributed by atoms with Gasteiger partial charge in [-0.1, -0.05) is 35.9 Å². The van der Waals surface area contributed by atoms with Crippen LogP contribution in [0.5, 0.6) is 0 Å². The molecule has 1 aliphatic carbocycles. The van der Waals surface area contributed by atoms with Gasteiger partial charge in [0.25, 0.3) is 0 Å². The fourth-order valence-corrected chi connectivity index (χ4v) is 3.46. The van der Waals surface area contributed by atoms with Gasteiger partial charge in [-0.25, -0.2) is 0 Å². The molecular formula is C13H11ClOS. The van der Waals surface area contributed by atoms with E-state index in [1.807, 2.05) is 24.3 Å². The highest BCUT2D eigenvalue weighted by Gasteiger charge is 2.37. The van der Waals surface area contributed by atoms with Gasteiger partial charge in [-0.2, -0.15) is 0 Å². The smallest absolute Gasteiger partial charge is 0.107 e. The number of benzene rings is 1. The second kappa shape index (κ2) is 3.59. The zero-order valence-electron chi connectivity index (χ0n) is 8.61. The molecule has 1 nitrogen and oxygen atoms in total. The molecule has 1 aromatic heterocycles. The minimum atomic E-state index is -0.749. The van der Waals surface area contributed by atoms with E-state index in [0.717, 1.165) is 9.21 Å². The lowest BCUT2D eigenvalue weighted by molar-refractivity contribution is 0.0521. The summed E-state index contributed by atoms with van der Waals surface area (Å²) in [6.07, 6.45) is 1.39. The Hall–Kier alpha value is -0.830. The van der Waals surface area contributed by atoms with Crippen molar-refractivity contribution in [1.29, 1.82) is 0 Å². The van der Waals surface area contributed by atoms with Gasteiger partial charge in [0, 0.05) is 17.7 Å². The van der Waals surface area contributed by atoms with Gasteiger partial charge < -0.3 is 5.11 Å². The lowest BCUT2D eigenvalue weighted by Gasteiger charge is -2.20. The lowest BCUT2D eigenvalue weighted by Crippen LogP contribution is -2.24. The van der Waals surface area contributed by atoms with Gasteiger partial charge in [0.15, 0.2) is 0 Å². The average Bonchev–Trinajstić information content (AvgIpc) is 2.81. The highest BCUT2D eigenvalue weighted by molar-refractivity contribution is 7.16. The van der Waals surface area contributed by atoms with Gasteiger partial charge in [0.05, 0.1) is 4.34 Å². The second-order valence-electron chi connectivity index (χ2n) is 4.26. The molecule has 3 heteroatoms. The summed E-state index contributed by atoms with van der Waals surface area (Å²) >= 11 is 7.39. The van der Waals surface area contributed by atoms with Crippen LogP contribution >= 0.6 is 22.9 Å². The molecule has 0 spiro atoms. The summed E-state index contributed by atoms with van der Waals surface area (Å²) in [5.74, 6) is 0. The van der Waals surface area contributed by atoms with Gasteiger partial charge >= 0.3 is 0 Å². The minimum Gasteiger partial charge on any atom is -0.384 e. The molecule has 0 saturated carbocycles. The zero-order chi connectivity index (χ0) is 11.2. The van der Waals surface area contributed by atoms with Crippen molar-refractivity contribution in [2.75, 3.05) is 0 Å². The third kappa shape index (κ3) is 1.58. The van der Waals surface area contributed by atoms with Crippen LogP contribution in [0.15, 0.2) is 36.4 Å². The van der Waals surface area contributed by atoms with Crippen molar-refractivity contribution < 1.29 is 5.11 Å². The normalized spacial score (nSPS) is 17.4. The lowest BCUT2D eigenvalue weighted by atomic mass is 9.99. The van der Waals surface area contributed by atoms with Crippen molar-refractivity contribution >= 4 is 22.9 Å². The number of thiophene rings is 1. The molecule has 0 bridgehead atoms. The zero-order valence-corrected chi connectivity index (χ0v) is 10.2. The van der Waals surface area contributed by atoms with Gasteiger partial charge in [-0.05, 0) is 23.3 Å². The van der Waals surface area contributed by atoms with Crippen molar-refractivity contribution in [2.45, 2.75) is 18.4 Å². The molecule has 0 radical (unpaired) electrons. The number of hydrogen-bond donors (Lipinski definition) is 1. The molecular weight excluding hydrogens is 240 g/mol. The Bertz CT molecular complexity index is 507. The van der Waals surface area contributed by atoms with E-state index in [9.17, 15) is 5.11 Å². The van der Waals surface area contributed by atoms with E-state index in [1.165, 1.54) is 22.5 Å². The first-order valence-electron chi connectivity index (χ1n) is 5.22. The van der Waals surface area contributed by atoms with Crippen molar-refractivity contribution in [3.8, 4) is 0 Å². The summed E-state index contributed by atoms with van der Waals surface area (Å²) in [6.45, 7) is 0. The summed E-state index contributed by atoms with van der Waals surface area (Å²) in [4.78, 5) is 0.966. The van der Waals surface area contributed by atoms with E-state index in [0.29, 0.717) is 12.8 Å². The van der Waals surface area contributed by atoms with Gasteiger partial charge in [-0.15, -0.1) is 11.3 Å². The predicted octanol–water partition coefficient (Wildman–Crippen LogP) is 3.39. The Morgan fingerprint density at radius 2 is 1.69 bits per heavy atom. The summed E-state index contributed by atoms with van der Waals surface area (Å²) in [6, 6.07) is 12.0. The predicted molar refractivity (Wildman–Crippen MR) is 67.1 cm³/mol. The van der Waals surface area contributed by atoms with E-state index < -0.39 is 5.60 Å². The SMILES string of the molecule is OC1(c2ccc(Cl)s2)Cc2ccccc2C1. The summed E-state index contributed by atoms with van der Waals surface area (Å²) in [5.41, 5.74) is 1.74. The molecule has 1 N–H and O–H groups in total. The van der Waals surface area contributed by atoms with Gasteiger partial charge in [0.2, 0.25) is 0 Å². The maximum absolute atomic E-state index is 10.6. The number of fused-ring (bicyclic) bond motifs is 1. The van der Waals surface area contributed by atoms with Crippen LogP contribution in [0.4, 0.5) is 0 Å². The van der Waals surface area contributed by atoms with E-state index in [-0.39, 0.29) is 0 Å². The quantitative estimate of drug-likeness (QED) is 0.823. The third-order valence-corrected chi connectivity index (χ3v) is 4.54. The van der Waals surface area contributed by atoms with Gasteiger partial charge in [-0.3, -0.25) is 0 Å². The van der Waals surface area contributed by atoms with Crippen molar-refractivity contribution in [1.82, 2.24) is 0 Å². The van der Waals surface area contributed by atoms with Crippen LogP contribution in [0.3, 0.4) is 0 Å². The molecule has 0 fully saturated rings. The Kier molecular flexibility index (Phi) is 2.32.